The van der Waals surface area contributed by atoms with Crippen molar-refractivity contribution in [1.29, 1.82) is 0 Å². The summed E-state index contributed by atoms with van der Waals surface area (Å²) in [4.78, 5) is 5.33. The third-order valence-corrected chi connectivity index (χ3v) is 1.38. The topological polar surface area (TPSA) is 55.6 Å². The van der Waals surface area contributed by atoms with Crippen LogP contribution in [0.4, 0.5) is 0 Å². The highest BCUT2D eigenvalue weighted by atomic mass is 15.7. The van der Waals surface area contributed by atoms with E-state index in [1.165, 1.54) is 4.91 Å². The molecule has 0 radical (unpaired) electrons. The van der Waals surface area contributed by atoms with Crippen LogP contribution in [0.2, 0.25) is 0 Å². The van der Waals surface area contributed by atoms with Gasteiger partial charge in [-0.1, -0.05) is 4.91 Å². The van der Waals surface area contributed by atoms with Gasteiger partial charge in [0.2, 0.25) is 0 Å². The standard InChI is InChI=1S/C6H7N5/c1-7-11-9-5-2-3-8-4-6(5)10-11/h2-4,7H,1H3. The average molecular weight is 149 g/mol. The molecule has 0 spiro atoms. The number of hydrogen-bond donors (Lipinski definition) is 1. The molecule has 5 nitrogen and oxygen atoms in total. The number of nitrogens with zero attached hydrogens (tertiary/aromatic N) is 4. The van der Waals surface area contributed by atoms with Gasteiger partial charge in [-0.2, -0.15) is 0 Å². The van der Waals surface area contributed by atoms with E-state index in [1.807, 2.05) is 6.07 Å². The molecule has 0 amide bonds. The number of aromatic nitrogens is 4. The van der Waals surface area contributed by atoms with Crippen LogP contribution in [0.15, 0.2) is 18.5 Å². The highest BCUT2D eigenvalue weighted by molar-refractivity contribution is 5.71. The summed E-state index contributed by atoms with van der Waals surface area (Å²) < 4.78 is 0. The van der Waals surface area contributed by atoms with Gasteiger partial charge >= 0.3 is 0 Å². The lowest BCUT2D eigenvalue weighted by atomic mass is 10.4. The van der Waals surface area contributed by atoms with E-state index in [0.717, 1.165) is 11.0 Å². The van der Waals surface area contributed by atoms with Crippen LogP contribution < -0.4 is 5.43 Å². The Hall–Kier alpha value is -1.65. The fraction of sp³-hybridized carbons (Fsp3) is 0.167. The Kier molecular flexibility index (Phi) is 1.21. The van der Waals surface area contributed by atoms with E-state index in [-0.39, 0.29) is 0 Å². The van der Waals surface area contributed by atoms with Crippen molar-refractivity contribution in [2.75, 3.05) is 12.5 Å². The fourth-order valence-electron chi connectivity index (χ4n) is 0.867. The van der Waals surface area contributed by atoms with E-state index in [9.17, 15) is 0 Å². The molecule has 2 rings (SSSR count). The predicted octanol–water partition coefficient (Wildman–Crippen LogP) is -0.000400. The van der Waals surface area contributed by atoms with E-state index in [1.54, 1.807) is 19.4 Å². The first kappa shape index (κ1) is 6.09. The highest BCUT2D eigenvalue weighted by Crippen LogP contribution is 2.03. The van der Waals surface area contributed by atoms with Gasteiger partial charge in [0.1, 0.15) is 11.0 Å². The number of rotatable bonds is 1. The largest absolute Gasteiger partial charge is 0.296 e. The van der Waals surface area contributed by atoms with E-state index in [2.05, 4.69) is 20.6 Å². The van der Waals surface area contributed by atoms with Gasteiger partial charge in [-0.3, -0.25) is 10.4 Å². The minimum Gasteiger partial charge on any atom is -0.296 e. The Morgan fingerprint density at radius 1 is 1.36 bits per heavy atom. The summed E-state index contributed by atoms with van der Waals surface area (Å²) in [7, 11) is 1.76. The molecule has 1 N–H and O–H groups in total. The summed E-state index contributed by atoms with van der Waals surface area (Å²) in [5, 5.41) is 8.15. The molecule has 56 valence electrons. The van der Waals surface area contributed by atoms with Crippen LogP contribution in [0.5, 0.6) is 0 Å². The molecular weight excluding hydrogens is 142 g/mol. The van der Waals surface area contributed by atoms with Gasteiger partial charge in [0.25, 0.3) is 0 Å². The van der Waals surface area contributed by atoms with Crippen molar-refractivity contribution in [3.8, 4) is 0 Å². The predicted molar refractivity (Wildman–Crippen MR) is 40.6 cm³/mol. The molecule has 0 atom stereocenters. The Morgan fingerprint density at radius 2 is 2.18 bits per heavy atom. The van der Waals surface area contributed by atoms with E-state index >= 15 is 0 Å². The minimum absolute atomic E-state index is 0.793. The smallest absolute Gasteiger partial charge is 0.133 e. The Morgan fingerprint density at radius 3 is 2.91 bits per heavy atom. The Bertz CT molecular complexity index is 333. The molecule has 2 heterocycles. The third-order valence-electron chi connectivity index (χ3n) is 1.38. The maximum absolute atomic E-state index is 4.09. The summed E-state index contributed by atoms with van der Waals surface area (Å²) in [5.74, 6) is 0. The van der Waals surface area contributed by atoms with Crippen molar-refractivity contribution >= 4 is 11.0 Å². The monoisotopic (exact) mass is 149 g/mol. The van der Waals surface area contributed by atoms with E-state index in [0.29, 0.717) is 0 Å². The van der Waals surface area contributed by atoms with Crippen LogP contribution in [-0.4, -0.2) is 27.1 Å². The number of nitrogens with one attached hydrogen (secondary N) is 1. The molecule has 2 aromatic rings. The van der Waals surface area contributed by atoms with Crippen LogP contribution in [0, 0.1) is 0 Å². The first-order chi connectivity index (χ1) is 5.40. The summed E-state index contributed by atoms with van der Waals surface area (Å²) in [5.41, 5.74) is 4.42. The molecule has 0 aromatic carbocycles. The van der Waals surface area contributed by atoms with Crippen LogP contribution in [-0.2, 0) is 0 Å². The second-order valence-electron chi connectivity index (χ2n) is 2.08. The molecule has 0 saturated heterocycles. The first-order valence-corrected chi connectivity index (χ1v) is 3.25. The quantitative estimate of drug-likeness (QED) is 0.620. The Labute approximate surface area is 63.0 Å². The fourth-order valence-corrected chi connectivity index (χ4v) is 0.867. The number of pyridine rings is 1. The van der Waals surface area contributed by atoms with Gasteiger partial charge < -0.3 is 0 Å². The van der Waals surface area contributed by atoms with Crippen molar-refractivity contribution in [3.63, 3.8) is 0 Å². The number of fused-ring (bicyclic) bond motifs is 1. The van der Waals surface area contributed by atoms with Gasteiger partial charge in [-0.15, -0.1) is 10.2 Å². The summed E-state index contributed by atoms with van der Waals surface area (Å²) in [6.45, 7) is 0. The molecule has 0 aliphatic rings. The van der Waals surface area contributed by atoms with Crippen molar-refractivity contribution in [3.05, 3.63) is 18.5 Å². The number of hydrogen-bond acceptors (Lipinski definition) is 4. The zero-order valence-electron chi connectivity index (χ0n) is 6.02. The lowest BCUT2D eigenvalue weighted by Gasteiger charge is -1.90. The molecule has 2 aromatic heterocycles. The molecular formula is C6H7N5. The molecule has 11 heavy (non-hydrogen) atoms. The van der Waals surface area contributed by atoms with Gasteiger partial charge in [-0.25, -0.2) is 0 Å². The minimum atomic E-state index is 0.793. The molecule has 5 heteroatoms. The van der Waals surface area contributed by atoms with Crippen LogP contribution in [0.25, 0.3) is 11.0 Å². The maximum Gasteiger partial charge on any atom is 0.133 e. The normalized spacial score (nSPS) is 10.3. The van der Waals surface area contributed by atoms with Gasteiger partial charge in [0.15, 0.2) is 0 Å². The van der Waals surface area contributed by atoms with Gasteiger partial charge in [0, 0.05) is 13.2 Å². The SMILES string of the molecule is CNn1nc2ccncc2n1. The van der Waals surface area contributed by atoms with Gasteiger partial charge in [0.05, 0.1) is 6.20 Å². The van der Waals surface area contributed by atoms with Crippen molar-refractivity contribution < 1.29 is 0 Å². The van der Waals surface area contributed by atoms with Crippen molar-refractivity contribution in [2.45, 2.75) is 0 Å². The van der Waals surface area contributed by atoms with Gasteiger partial charge in [-0.05, 0) is 6.07 Å². The second-order valence-corrected chi connectivity index (χ2v) is 2.08. The third kappa shape index (κ3) is 0.899. The molecule has 0 saturated carbocycles. The Balaban J connectivity index is 2.69. The molecule has 0 bridgehead atoms. The highest BCUT2D eigenvalue weighted by Gasteiger charge is 1.97. The van der Waals surface area contributed by atoms with Crippen molar-refractivity contribution in [1.82, 2.24) is 20.1 Å². The van der Waals surface area contributed by atoms with Crippen molar-refractivity contribution in [2.24, 2.45) is 0 Å². The second kappa shape index (κ2) is 2.19. The van der Waals surface area contributed by atoms with Crippen LogP contribution in [0.1, 0.15) is 0 Å². The van der Waals surface area contributed by atoms with Crippen LogP contribution in [0.3, 0.4) is 0 Å². The molecule has 0 unspecified atom stereocenters. The lowest BCUT2D eigenvalue weighted by molar-refractivity contribution is 0.681. The summed E-state index contributed by atoms with van der Waals surface area (Å²) >= 11 is 0. The lowest BCUT2D eigenvalue weighted by Crippen LogP contribution is -2.11. The summed E-state index contributed by atoms with van der Waals surface area (Å²) in [6, 6.07) is 1.82. The zero-order valence-corrected chi connectivity index (χ0v) is 6.02. The molecule has 0 aliphatic heterocycles. The molecule has 0 aliphatic carbocycles. The van der Waals surface area contributed by atoms with E-state index < -0.39 is 0 Å². The zero-order chi connectivity index (χ0) is 7.68. The van der Waals surface area contributed by atoms with Crippen LogP contribution >= 0.6 is 0 Å². The van der Waals surface area contributed by atoms with E-state index in [4.69, 9.17) is 0 Å². The maximum atomic E-state index is 4.09. The molecule has 0 fully saturated rings. The average Bonchev–Trinajstić information content (AvgIpc) is 2.46. The summed E-state index contributed by atoms with van der Waals surface area (Å²) in [6.07, 6.45) is 3.37. The first-order valence-electron chi connectivity index (χ1n) is 3.25.